The zero-order valence-corrected chi connectivity index (χ0v) is 16.3. The molecule has 0 amide bonds. The Morgan fingerprint density at radius 2 is 1.22 bits per heavy atom. The lowest BCUT2D eigenvalue weighted by molar-refractivity contribution is 1.50. The summed E-state index contributed by atoms with van der Waals surface area (Å²) in [6.45, 7) is 10.1. The molecule has 2 aromatic carbocycles. The maximum Gasteiger partial charge on any atom is 0.0345 e. The monoisotopic (exact) mass is 342 g/mol. The molecule has 0 atom stereocenters. The number of rotatable bonds is 0. The minimum Gasteiger partial charge on any atom is -0.144 e. The molecule has 0 saturated heterocycles. The summed E-state index contributed by atoms with van der Waals surface area (Å²) in [7, 11) is 0. The smallest absolute Gasteiger partial charge is 0.0345 e. The summed E-state index contributed by atoms with van der Waals surface area (Å²) < 4.78 is 2.76. The van der Waals surface area contributed by atoms with Crippen molar-refractivity contribution in [1.82, 2.24) is 0 Å². The van der Waals surface area contributed by atoms with E-state index in [4.69, 9.17) is 0 Å². The highest BCUT2D eigenvalue weighted by atomic mass is 32.1. The second kappa shape index (κ2) is 11.0. The highest BCUT2D eigenvalue weighted by molar-refractivity contribution is 7.19. The van der Waals surface area contributed by atoms with Crippen molar-refractivity contribution in [3.05, 3.63) is 70.9 Å². The molecule has 0 aliphatic rings. The lowest BCUT2D eigenvalue weighted by Gasteiger charge is -1.82. The summed E-state index contributed by atoms with van der Waals surface area (Å²) in [5.41, 5.74) is 0. The van der Waals surface area contributed by atoms with Crippen molar-refractivity contribution in [2.45, 2.75) is 34.6 Å². The molecule has 0 nitrogen and oxygen atoms in total. The molecule has 23 heavy (non-hydrogen) atoms. The maximum absolute atomic E-state index is 2.22. The summed E-state index contributed by atoms with van der Waals surface area (Å²) in [6, 6.07) is 21.2. The Kier molecular flexibility index (Phi) is 9.27. The summed E-state index contributed by atoms with van der Waals surface area (Å²) >= 11 is 3.64. The molecule has 0 saturated carbocycles. The van der Waals surface area contributed by atoms with Crippen molar-refractivity contribution >= 4 is 42.8 Å². The van der Waals surface area contributed by atoms with Crippen molar-refractivity contribution < 1.29 is 0 Å². The van der Waals surface area contributed by atoms with Crippen LogP contribution in [0.1, 0.15) is 32.6 Å². The third kappa shape index (κ3) is 5.81. The van der Waals surface area contributed by atoms with Crippen LogP contribution in [-0.4, -0.2) is 0 Å². The standard InChI is InChI=1S/C9H8S.C8H6S.2C2H6/c1-7-6-8-4-2-3-5-9(8)10-7;1-2-4-8-7(3-1)5-6-9-8;2*1-2/h2-6H,1H3;1-6H;2*1-2H3. The highest BCUT2D eigenvalue weighted by Gasteiger charge is 1.93. The van der Waals surface area contributed by atoms with E-state index in [1.807, 2.05) is 39.0 Å². The van der Waals surface area contributed by atoms with Crippen LogP contribution in [0.4, 0.5) is 0 Å². The van der Waals surface area contributed by atoms with Gasteiger partial charge in [-0.05, 0) is 47.3 Å². The van der Waals surface area contributed by atoms with Crippen LogP contribution in [0.15, 0.2) is 66.0 Å². The Balaban J connectivity index is 0.000000190. The molecule has 0 fully saturated rings. The highest BCUT2D eigenvalue weighted by Crippen LogP contribution is 2.23. The van der Waals surface area contributed by atoms with Crippen LogP contribution in [0.25, 0.3) is 20.2 Å². The molecule has 4 aromatic rings. The van der Waals surface area contributed by atoms with Gasteiger partial charge in [0.2, 0.25) is 0 Å². The fourth-order valence-electron chi connectivity index (χ4n) is 2.02. The van der Waals surface area contributed by atoms with Crippen LogP contribution in [0.5, 0.6) is 0 Å². The molecule has 0 radical (unpaired) electrons. The van der Waals surface area contributed by atoms with Crippen molar-refractivity contribution in [3.63, 3.8) is 0 Å². The number of hydrogen-bond donors (Lipinski definition) is 0. The third-order valence-corrected chi connectivity index (χ3v) is 4.84. The lowest BCUT2D eigenvalue weighted by Crippen LogP contribution is -1.56. The van der Waals surface area contributed by atoms with Gasteiger partial charge in [-0.3, -0.25) is 0 Å². The number of thiophene rings is 2. The second-order valence-corrected chi connectivity index (χ2v) is 6.59. The Hall–Kier alpha value is -1.64. The van der Waals surface area contributed by atoms with Crippen molar-refractivity contribution in [2.75, 3.05) is 0 Å². The molecule has 0 bridgehead atoms. The summed E-state index contributed by atoms with van der Waals surface area (Å²) in [5.74, 6) is 0. The first kappa shape index (κ1) is 19.4. The summed E-state index contributed by atoms with van der Waals surface area (Å²) in [6.07, 6.45) is 0. The van der Waals surface area contributed by atoms with Gasteiger partial charge in [0.05, 0.1) is 0 Å². The van der Waals surface area contributed by atoms with Crippen molar-refractivity contribution in [3.8, 4) is 0 Å². The van der Waals surface area contributed by atoms with Gasteiger partial charge in [-0.25, -0.2) is 0 Å². The molecule has 2 aromatic heterocycles. The Morgan fingerprint density at radius 3 is 1.83 bits per heavy atom. The van der Waals surface area contributed by atoms with Gasteiger partial charge in [0.15, 0.2) is 0 Å². The molecular weight excluding hydrogens is 316 g/mol. The van der Waals surface area contributed by atoms with E-state index in [-0.39, 0.29) is 0 Å². The van der Waals surface area contributed by atoms with E-state index in [0.29, 0.717) is 0 Å². The van der Waals surface area contributed by atoms with E-state index in [9.17, 15) is 0 Å². The molecule has 2 heteroatoms. The normalized spacial score (nSPS) is 9.09. The van der Waals surface area contributed by atoms with E-state index < -0.39 is 0 Å². The minimum absolute atomic E-state index is 1.35. The van der Waals surface area contributed by atoms with Crippen LogP contribution in [-0.2, 0) is 0 Å². The fourth-order valence-corrected chi connectivity index (χ4v) is 3.74. The van der Waals surface area contributed by atoms with Crippen LogP contribution < -0.4 is 0 Å². The van der Waals surface area contributed by atoms with Gasteiger partial charge in [0, 0.05) is 14.3 Å². The van der Waals surface area contributed by atoms with E-state index in [1.54, 1.807) is 11.3 Å². The molecule has 0 aliphatic carbocycles. The van der Waals surface area contributed by atoms with E-state index in [2.05, 4.69) is 73.0 Å². The molecular formula is C21H26S2. The van der Waals surface area contributed by atoms with Gasteiger partial charge in [-0.2, -0.15) is 0 Å². The third-order valence-electron chi connectivity index (χ3n) is 2.91. The lowest BCUT2D eigenvalue weighted by atomic mass is 10.2. The summed E-state index contributed by atoms with van der Waals surface area (Å²) in [4.78, 5) is 1.39. The van der Waals surface area contributed by atoms with Gasteiger partial charge >= 0.3 is 0 Å². The molecule has 122 valence electrons. The number of hydrogen-bond acceptors (Lipinski definition) is 2. The van der Waals surface area contributed by atoms with E-state index in [0.717, 1.165) is 0 Å². The van der Waals surface area contributed by atoms with Crippen LogP contribution in [0.2, 0.25) is 0 Å². The van der Waals surface area contributed by atoms with Gasteiger partial charge in [0.25, 0.3) is 0 Å². The SMILES string of the molecule is CC.CC.Cc1cc2ccccc2s1.c1ccc2sccc2c1. The first-order chi connectivity index (χ1) is 11.3. The molecule has 0 spiro atoms. The van der Waals surface area contributed by atoms with Gasteiger partial charge in [-0.1, -0.05) is 64.1 Å². The van der Waals surface area contributed by atoms with Crippen LogP contribution in [0.3, 0.4) is 0 Å². The van der Waals surface area contributed by atoms with Crippen LogP contribution >= 0.6 is 22.7 Å². The largest absolute Gasteiger partial charge is 0.144 e. The topological polar surface area (TPSA) is 0 Å². The van der Waals surface area contributed by atoms with Crippen molar-refractivity contribution in [2.24, 2.45) is 0 Å². The quantitative estimate of drug-likeness (QED) is 0.302. The van der Waals surface area contributed by atoms with Crippen LogP contribution in [0, 0.1) is 6.92 Å². The first-order valence-electron chi connectivity index (χ1n) is 8.20. The number of fused-ring (bicyclic) bond motifs is 2. The fraction of sp³-hybridized carbons (Fsp3) is 0.238. The molecule has 4 rings (SSSR count). The average molecular weight is 343 g/mol. The van der Waals surface area contributed by atoms with Gasteiger partial charge in [0.1, 0.15) is 0 Å². The van der Waals surface area contributed by atoms with E-state index in [1.165, 1.54) is 25.0 Å². The van der Waals surface area contributed by atoms with E-state index >= 15 is 0 Å². The predicted molar refractivity (Wildman–Crippen MR) is 111 cm³/mol. The maximum atomic E-state index is 2.22. The Bertz CT molecular complexity index is 730. The molecule has 0 unspecified atom stereocenters. The molecule has 0 N–H and O–H groups in total. The summed E-state index contributed by atoms with van der Waals surface area (Å²) in [5, 5.41) is 4.83. The Labute approximate surface area is 148 Å². The zero-order valence-electron chi connectivity index (χ0n) is 14.7. The Morgan fingerprint density at radius 1 is 0.652 bits per heavy atom. The molecule has 2 heterocycles. The average Bonchev–Trinajstić information content (AvgIpc) is 3.24. The predicted octanol–water partition coefficient (Wildman–Crippen LogP) is 8.16. The number of aryl methyl sites for hydroxylation is 1. The second-order valence-electron chi connectivity index (χ2n) is 4.35. The minimum atomic E-state index is 1.35. The molecule has 0 aliphatic heterocycles. The number of benzene rings is 2. The first-order valence-corrected chi connectivity index (χ1v) is 9.90. The van der Waals surface area contributed by atoms with Gasteiger partial charge < -0.3 is 0 Å². The zero-order chi connectivity index (χ0) is 17.1. The van der Waals surface area contributed by atoms with Gasteiger partial charge in [-0.15, -0.1) is 22.7 Å². The van der Waals surface area contributed by atoms with Crippen molar-refractivity contribution in [1.29, 1.82) is 0 Å².